The Bertz CT molecular complexity index is 679. The molecule has 0 aliphatic rings. The van der Waals surface area contributed by atoms with Gasteiger partial charge in [-0.05, 0) is 30.7 Å². The molecule has 0 saturated heterocycles. The summed E-state index contributed by atoms with van der Waals surface area (Å²) in [5.41, 5.74) is 1.96. The topological polar surface area (TPSA) is 58.2 Å². The zero-order chi connectivity index (χ0) is 15.3. The minimum Gasteiger partial charge on any atom is -0.312 e. The van der Waals surface area contributed by atoms with E-state index < -0.39 is 10.0 Å². The molecule has 0 aliphatic heterocycles. The van der Waals surface area contributed by atoms with Crippen LogP contribution in [0.4, 0.5) is 0 Å². The summed E-state index contributed by atoms with van der Waals surface area (Å²) in [6, 6.07) is 11.2. The first-order valence-corrected chi connectivity index (χ1v) is 9.16. The molecular formula is C15H20N2O2S2. The molecule has 0 unspecified atom stereocenters. The zero-order valence-corrected chi connectivity index (χ0v) is 13.9. The highest BCUT2D eigenvalue weighted by atomic mass is 32.2. The lowest BCUT2D eigenvalue weighted by Crippen LogP contribution is -2.22. The minimum absolute atomic E-state index is 0.308. The molecule has 4 nitrogen and oxygen atoms in total. The summed E-state index contributed by atoms with van der Waals surface area (Å²) in [4.78, 5) is 1.07. The normalized spacial score (nSPS) is 11.7. The van der Waals surface area contributed by atoms with Crippen LogP contribution < -0.4 is 10.0 Å². The van der Waals surface area contributed by atoms with E-state index in [2.05, 4.69) is 10.0 Å². The molecule has 0 atom stereocenters. The fraction of sp³-hybridized carbons (Fsp3) is 0.333. The molecule has 0 radical (unpaired) electrons. The van der Waals surface area contributed by atoms with Crippen LogP contribution in [0.1, 0.15) is 22.9 Å². The molecule has 2 rings (SSSR count). The lowest BCUT2D eigenvalue weighted by molar-refractivity contribution is 0.583. The summed E-state index contributed by atoms with van der Waals surface area (Å²) in [6.45, 7) is 5.86. The predicted octanol–water partition coefficient (Wildman–Crippen LogP) is 2.64. The van der Waals surface area contributed by atoms with Crippen molar-refractivity contribution in [1.29, 1.82) is 0 Å². The van der Waals surface area contributed by atoms with Crippen molar-refractivity contribution in [2.45, 2.75) is 31.1 Å². The summed E-state index contributed by atoms with van der Waals surface area (Å²) >= 11 is 1.33. The Morgan fingerprint density at radius 2 is 1.86 bits per heavy atom. The molecular weight excluding hydrogens is 304 g/mol. The van der Waals surface area contributed by atoms with Crippen LogP contribution >= 0.6 is 11.3 Å². The van der Waals surface area contributed by atoms with Crippen molar-refractivity contribution in [3.05, 3.63) is 52.4 Å². The van der Waals surface area contributed by atoms with Gasteiger partial charge in [-0.2, -0.15) is 0 Å². The fourth-order valence-corrected chi connectivity index (χ4v) is 4.50. The molecule has 1 heterocycles. The van der Waals surface area contributed by atoms with Crippen molar-refractivity contribution in [2.75, 3.05) is 6.54 Å². The van der Waals surface area contributed by atoms with Crippen LogP contribution in [0.25, 0.3) is 0 Å². The molecule has 2 N–H and O–H groups in total. The van der Waals surface area contributed by atoms with Crippen molar-refractivity contribution in [3.63, 3.8) is 0 Å². The van der Waals surface area contributed by atoms with Crippen molar-refractivity contribution in [1.82, 2.24) is 10.0 Å². The third kappa shape index (κ3) is 4.38. The Hall–Kier alpha value is -1.21. The van der Waals surface area contributed by atoms with Gasteiger partial charge in [-0.1, -0.05) is 37.3 Å². The number of hydrogen-bond donors (Lipinski definition) is 2. The second-order valence-corrected chi connectivity index (χ2v) is 7.89. The van der Waals surface area contributed by atoms with Crippen molar-refractivity contribution in [2.24, 2.45) is 0 Å². The highest BCUT2D eigenvalue weighted by Crippen LogP contribution is 2.26. The van der Waals surface area contributed by atoms with E-state index in [4.69, 9.17) is 0 Å². The molecule has 0 saturated carbocycles. The van der Waals surface area contributed by atoms with Crippen molar-refractivity contribution in [3.8, 4) is 0 Å². The van der Waals surface area contributed by atoms with Crippen molar-refractivity contribution < 1.29 is 8.42 Å². The van der Waals surface area contributed by atoms with Crippen LogP contribution in [0.15, 0.2) is 40.6 Å². The Balaban J connectivity index is 2.09. The first-order valence-electron chi connectivity index (χ1n) is 6.86. The van der Waals surface area contributed by atoms with Gasteiger partial charge in [0.05, 0.1) is 0 Å². The van der Waals surface area contributed by atoms with Crippen LogP contribution in [0.2, 0.25) is 0 Å². The number of sulfonamides is 1. The molecule has 0 fully saturated rings. The number of aryl methyl sites for hydroxylation is 1. The quantitative estimate of drug-likeness (QED) is 0.823. The number of rotatable bonds is 7. The molecule has 2 aromatic rings. The number of hydrogen-bond acceptors (Lipinski definition) is 4. The summed E-state index contributed by atoms with van der Waals surface area (Å²) in [7, 11) is -3.44. The van der Waals surface area contributed by atoms with E-state index in [0.717, 1.165) is 22.5 Å². The van der Waals surface area contributed by atoms with Gasteiger partial charge in [-0.25, -0.2) is 13.1 Å². The average Bonchev–Trinajstić information content (AvgIpc) is 2.86. The maximum Gasteiger partial charge on any atom is 0.250 e. The maximum absolute atomic E-state index is 12.3. The summed E-state index contributed by atoms with van der Waals surface area (Å²) in [5.74, 6) is 0. The highest BCUT2D eigenvalue weighted by Gasteiger charge is 2.18. The molecule has 0 spiro atoms. The Morgan fingerprint density at radius 3 is 2.52 bits per heavy atom. The fourth-order valence-electron chi connectivity index (χ4n) is 1.88. The van der Waals surface area contributed by atoms with Crippen LogP contribution in [-0.4, -0.2) is 15.0 Å². The first-order chi connectivity index (χ1) is 10.0. The van der Waals surface area contributed by atoms with Crippen LogP contribution in [0.5, 0.6) is 0 Å². The van der Waals surface area contributed by atoms with Gasteiger partial charge in [0.25, 0.3) is 0 Å². The van der Waals surface area contributed by atoms with Gasteiger partial charge in [0.2, 0.25) is 10.0 Å². The molecule has 21 heavy (non-hydrogen) atoms. The van der Waals surface area contributed by atoms with Gasteiger partial charge in [0, 0.05) is 18.0 Å². The Labute approximate surface area is 130 Å². The van der Waals surface area contributed by atoms with E-state index >= 15 is 0 Å². The average molecular weight is 324 g/mol. The second-order valence-electron chi connectivity index (χ2n) is 4.76. The summed E-state index contributed by atoms with van der Waals surface area (Å²) in [5, 5.41) is 3.22. The van der Waals surface area contributed by atoms with Gasteiger partial charge in [-0.15, -0.1) is 11.3 Å². The lowest BCUT2D eigenvalue weighted by Gasteiger charge is -2.04. The molecule has 6 heteroatoms. The lowest BCUT2D eigenvalue weighted by atomic mass is 10.2. The molecule has 0 amide bonds. The van der Waals surface area contributed by atoms with Gasteiger partial charge >= 0.3 is 0 Å². The minimum atomic E-state index is -3.44. The van der Waals surface area contributed by atoms with Gasteiger partial charge in [-0.3, -0.25) is 0 Å². The van der Waals surface area contributed by atoms with E-state index in [1.165, 1.54) is 11.3 Å². The third-order valence-corrected chi connectivity index (χ3v) is 6.22. The maximum atomic E-state index is 12.3. The standard InChI is InChI=1S/C15H20N2O2S2/c1-3-16-11-14-12(2)9-15(20-14)21(18,19)17-10-13-7-5-4-6-8-13/h4-9,16-17H,3,10-11H2,1-2H3. The molecule has 1 aromatic carbocycles. The first kappa shape index (κ1) is 16.2. The monoisotopic (exact) mass is 324 g/mol. The van der Waals surface area contributed by atoms with Gasteiger partial charge < -0.3 is 5.32 Å². The summed E-state index contributed by atoms with van der Waals surface area (Å²) < 4.78 is 27.7. The van der Waals surface area contributed by atoms with E-state index in [0.29, 0.717) is 17.3 Å². The number of thiophene rings is 1. The van der Waals surface area contributed by atoms with Crippen molar-refractivity contribution >= 4 is 21.4 Å². The largest absolute Gasteiger partial charge is 0.312 e. The smallest absolute Gasteiger partial charge is 0.250 e. The van der Waals surface area contributed by atoms with Gasteiger partial charge in [0.1, 0.15) is 4.21 Å². The van der Waals surface area contributed by atoms with Crippen LogP contribution in [-0.2, 0) is 23.1 Å². The van der Waals surface area contributed by atoms with Crippen LogP contribution in [0.3, 0.4) is 0 Å². The number of benzene rings is 1. The Kier molecular flexibility index (Phi) is 5.52. The van der Waals surface area contributed by atoms with E-state index in [1.54, 1.807) is 6.07 Å². The third-order valence-electron chi connectivity index (χ3n) is 3.11. The number of nitrogens with one attached hydrogen (secondary N) is 2. The van der Waals surface area contributed by atoms with Crippen LogP contribution in [0, 0.1) is 6.92 Å². The van der Waals surface area contributed by atoms with E-state index in [-0.39, 0.29) is 0 Å². The molecule has 114 valence electrons. The molecule has 0 aliphatic carbocycles. The highest BCUT2D eigenvalue weighted by molar-refractivity contribution is 7.91. The molecule has 0 bridgehead atoms. The van der Waals surface area contributed by atoms with Gasteiger partial charge in [0.15, 0.2) is 0 Å². The summed E-state index contributed by atoms with van der Waals surface area (Å²) in [6.07, 6.45) is 0. The van der Waals surface area contributed by atoms with E-state index in [1.807, 2.05) is 44.2 Å². The van der Waals surface area contributed by atoms with E-state index in [9.17, 15) is 8.42 Å². The zero-order valence-electron chi connectivity index (χ0n) is 12.2. The predicted molar refractivity (Wildman–Crippen MR) is 86.9 cm³/mol. The second kappa shape index (κ2) is 7.17. The molecule has 1 aromatic heterocycles. The Morgan fingerprint density at radius 1 is 1.14 bits per heavy atom. The SMILES string of the molecule is CCNCc1sc(S(=O)(=O)NCc2ccccc2)cc1C.